The van der Waals surface area contributed by atoms with E-state index in [9.17, 15) is 27.6 Å². The monoisotopic (exact) mass is 732 g/mol. The van der Waals surface area contributed by atoms with E-state index in [1.165, 1.54) is 20.0 Å². The van der Waals surface area contributed by atoms with Gasteiger partial charge in [0.25, 0.3) is 15.7 Å². The molecule has 2 unspecified atom stereocenters. The minimum atomic E-state index is -4.31. The van der Waals surface area contributed by atoms with E-state index < -0.39 is 91.5 Å². The second-order valence-electron chi connectivity index (χ2n) is 15.5. The highest BCUT2D eigenvalue weighted by molar-refractivity contribution is 7.90. The van der Waals surface area contributed by atoms with E-state index in [2.05, 4.69) is 30.8 Å². The summed E-state index contributed by atoms with van der Waals surface area (Å²) in [4.78, 5) is 52.1. The predicted octanol–water partition coefficient (Wildman–Crippen LogP) is 2.20. The molecule has 0 bridgehead atoms. The van der Waals surface area contributed by atoms with E-state index in [1.54, 1.807) is 0 Å². The fourth-order valence-corrected chi connectivity index (χ4v) is 8.47. The number of aromatic nitrogens is 2. The molecule has 1 saturated heterocycles. The summed E-state index contributed by atoms with van der Waals surface area (Å²) in [5.74, 6) is -1.50. The van der Waals surface area contributed by atoms with E-state index in [0.29, 0.717) is 4.57 Å². The van der Waals surface area contributed by atoms with Gasteiger partial charge in [-0.25, -0.2) is 13.8 Å². The lowest BCUT2D eigenvalue weighted by atomic mass is 9.89. The van der Waals surface area contributed by atoms with Crippen molar-refractivity contribution in [1.82, 2.24) is 14.5 Å². The number of ether oxygens (including phenoxy) is 2. The Kier molecular flexibility index (Phi) is 11.0. The molecule has 0 aliphatic carbocycles. The van der Waals surface area contributed by atoms with Gasteiger partial charge in [0, 0.05) is 11.8 Å². The van der Waals surface area contributed by atoms with Gasteiger partial charge < -0.3 is 29.4 Å². The third-order valence-electron chi connectivity index (χ3n) is 9.94. The molecule has 1 aromatic heterocycles. The van der Waals surface area contributed by atoms with Crippen LogP contribution in [0.5, 0.6) is 0 Å². The number of hydrogen-bond donors (Lipinski definition) is 2. The Morgan fingerprint density at radius 3 is 2.12 bits per heavy atom. The van der Waals surface area contributed by atoms with Gasteiger partial charge in [-0.05, 0) is 50.1 Å². The van der Waals surface area contributed by atoms with Crippen molar-refractivity contribution in [2.45, 2.75) is 128 Å². The maximum absolute atomic E-state index is 14.1. The van der Waals surface area contributed by atoms with Gasteiger partial charge in [0.05, 0.1) is 24.8 Å². The van der Waals surface area contributed by atoms with Gasteiger partial charge >= 0.3 is 11.7 Å². The maximum atomic E-state index is 14.1. The molecule has 3 rings (SSSR count). The van der Waals surface area contributed by atoms with Crippen LogP contribution in [0.4, 0.5) is 0 Å². The fourth-order valence-electron chi connectivity index (χ4n) is 4.96. The van der Waals surface area contributed by atoms with Gasteiger partial charge in [-0.2, -0.15) is 8.42 Å². The first-order valence-electron chi connectivity index (χ1n) is 15.7. The Bertz CT molecular complexity index is 1690. The Morgan fingerprint density at radius 2 is 1.65 bits per heavy atom. The lowest BCUT2D eigenvalue weighted by Gasteiger charge is -2.43. The number of esters is 1. The molecule has 1 amide bonds. The molecule has 48 heavy (non-hydrogen) atoms. The smallest absolute Gasteiger partial charge is 0.333 e. The van der Waals surface area contributed by atoms with Crippen LogP contribution >= 0.6 is 0 Å². The first-order chi connectivity index (χ1) is 21.6. The molecule has 1 fully saturated rings. The number of hydrogen-bond acceptors (Lipinski definition) is 12. The molecule has 2 aliphatic rings. The van der Waals surface area contributed by atoms with Crippen LogP contribution in [0.15, 0.2) is 26.9 Å². The first-order valence-corrected chi connectivity index (χ1v) is 23.0. The third kappa shape index (κ3) is 7.58. The van der Waals surface area contributed by atoms with Crippen LogP contribution in [0.25, 0.3) is 0 Å². The van der Waals surface area contributed by atoms with Crippen LogP contribution < -0.4 is 22.3 Å². The lowest BCUT2D eigenvalue weighted by Crippen LogP contribution is -2.59. The molecule has 5 atom stereocenters. The Hall–Kier alpha value is -2.62. The molecule has 1 spiro atoms. The van der Waals surface area contributed by atoms with Crippen LogP contribution in [0.3, 0.4) is 0 Å². The van der Waals surface area contributed by atoms with Gasteiger partial charge in [-0.3, -0.25) is 18.7 Å². The summed E-state index contributed by atoms with van der Waals surface area (Å²) < 4.78 is 58.3. The van der Waals surface area contributed by atoms with Gasteiger partial charge in [0.2, 0.25) is 5.91 Å². The molecule has 0 radical (unpaired) electrons. The highest BCUT2D eigenvalue weighted by Crippen LogP contribution is 2.52. The van der Waals surface area contributed by atoms with Crippen molar-refractivity contribution in [3.8, 4) is 0 Å². The molecule has 18 heteroatoms. The summed E-state index contributed by atoms with van der Waals surface area (Å²) in [5, 5.41) is 2.63. The van der Waals surface area contributed by atoms with Gasteiger partial charge in [-0.15, -0.1) is 0 Å². The molecule has 272 valence electrons. The number of amides is 1. The first kappa shape index (κ1) is 39.8. The maximum Gasteiger partial charge on any atom is 0.333 e. The van der Waals surface area contributed by atoms with Crippen LogP contribution in [0.2, 0.25) is 36.3 Å². The van der Waals surface area contributed by atoms with Crippen molar-refractivity contribution in [3.05, 3.63) is 43.7 Å². The van der Waals surface area contributed by atoms with Crippen molar-refractivity contribution in [3.63, 3.8) is 0 Å². The second-order valence-corrected chi connectivity index (χ2v) is 26.5. The van der Waals surface area contributed by atoms with Gasteiger partial charge in [-0.1, -0.05) is 41.5 Å². The molecule has 1 aromatic rings. The normalized spacial score (nSPS) is 25.2. The predicted molar refractivity (Wildman–Crippen MR) is 183 cm³/mol. The second kappa shape index (κ2) is 13.3. The minimum Gasteiger partial charge on any atom is -0.467 e. The zero-order valence-corrected chi connectivity index (χ0v) is 33.1. The van der Waals surface area contributed by atoms with E-state index in [1.807, 2.05) is 47.0 Å². The average molecular weight is 733 g/mol. The Balaban J connectivity index is 2.25. The summed E-state index contributed by atoms with van der Waals surface area (Å²) in [6.07, 6.45) is -2.58. The number of carbonyl (C=O) groups is 2. The van der Waals surface area contributed by atoms with Crippen molar-refractivity contribution in [2.24, 2.45) is 5.73 Å². The van der Waals surface area contributed by atoms with Crippen LogP contribution in [-0.4, -0.2) is 83.6 Å². The number of nitrogens with two attached hydrogens (primary N) is 1. The van der Waals surface area contributed by atoms with E-state index in [4.69, 9.17) is 23.5 Å². The van der Waals surface area contributed by atoms with Crippen molar-refractivity contribution < 1.29 is 40.5 Å². The number of aryl methyl sites for hydroxylation is 1. The summed E-state index contributed by atoms with van der Waals surface area (Å²) in [7, 11) is -8.40. The zero-order valence-electron chi connectivity index (χ0n) is 30.2. The SMILES string of the molecule is COC(=O)[C@H](C)NC(=O)Cn1c(=O)c(C)cn([C@@H]2OC(CO[Si](C)(C)C(C)(C)C)C3(OS(=O)(=O)C=C3N)[C@H]2O[Si](C)(C)C(C)(C)C)c1=O. The largest absolute Gasteiger partial charge is 0.467 e. The highest BCUT2D eigenvalue weighted by Gasteiger charge is 2.67. The van der Waals surface area contributed by atoms with Gasteiger partial charge in [0.1, 0.15) is 24.8 Å². The Morgan fingerprint density at radius 1 is 1.08 bits per heavy atom. The molecule has 3 N–H and O–H groups in total. The number of rotatable bonds is 10. The van der Waals surface area contributed by atoms with E-state index >= 15 is 0 Å². The molecule has 0 aromatic carbocycles. The number of carbonyl (C=O) groups excluding carboxylic acids is 2. The molecule has 3 heterocycles. The summed E-state index contributed by atoms with van der Waals surface area (Å²) >= 11 is 0. The summed E-state index contributed by atoms with van der Waals surface area (Å²) in [6.45, 7) is 22.1. The third-order valence-corrected chi connectivity index (χ3v) is 20.0. The standard InChI is InChI=1S/C30H52N4O11SSi2/c1-18-14-34(27(38)33(24(18)36)15-22(35)32-19(2)26(37)41-9)25-23(44-48(12,13)29(6,7)8)30(20(31)17-46(39,40)45-30)21(43-25)16-42-47(10,11)28(3,4)5/h14,17,19,21,23,25H,15-16,31H2,1-13H3,(H,32,35)/t19-,21?,23-,25+,30?/m0/s1. The van der Waals surface area contributed by atoms with Crippen molar-refractivity contribution >= 4 is 38.6 Å². The highest BCUT2D eigenvalue weighted by atomic mass is 32.2. The minimum absolute atomic E-state index is 0.0802. The van der Waals surface area contributed by atoms with Crippen molar-refractivity contribution in [2.75, 3.05) is 13.7 Å². The lowest BCUT2D eigenvalue weighted by molar-refractivity contribution is -0.144. The van der Waals surface area contributed by atoms with Crippen LogP contribution in [0, 0.1) is 6.92 Å². The topological polar surface area (TPSA) is 196 Å². The van der Waals surface area contributed by atoms with E-state index in [0.717, 1.165) is 17.1 Å². The zero-order chi connectivity index (χ0) is 37.0. The fraction of sp³-hybridized carbons (Fsp3) is 0.733. The molecule has 2 aliphatic heterocycles. The molecular weight excluding hydrogens is 681 g/mol. The van der Waals surface area contributed by atoms with Crippen LogP contribution in [0.1, 0.15) is 60.3 Å². The van der Waals surface area contributed by atoms with Crippen molar-refractivity contribution in [1.29, 1.82) is 0 Å². The number of nitrogens with zero attached hydrogens (tertiary/aromatic N) is 2. The molecule has 0 saturated carbocycles. The summed E-state index contributed by atoms with van der Waals surface area (Å²) in [6, 6.07) is -1.04. The number of nitrogens with one attached hydrogen (secondary N) is 1. The quantitative estimate of drug-likeness (QED) is 0.203. The number of methoxy groups -OCH3 is 1. The average Bonchev–Trinajstić information content (AvgIpc) is 3.36. The van der Waals surface area contributed by atoms with E-state index in [-0.39, 0.29) is 22.9 Å². The van der Waals surface area contributed by atoms with Gasteiger partial charge in [0.15, 0.2) is 28.5 Å². The Labute approximate surface area is 284 Å². The molecular formula is C30H52N4O11SSi2. The molecule has 15 nitrogen and oxygen atoms in total. The van der Waals surface area contributed by atoms with Crippen LogP contribution in [-0.2, 0) is 48.8 Å². The summed E-state index contributed by atoms with van der Waals surface area (Å²) in [5.41, 5.74) is 2.82.